The van der Waals surface area contributed by atoms with Gasteiger partial charge in [0.2, 0.25) is 0 Å². The highest BCUT2D eigenvalue weighted by molar-refractivity contribution is 9.11. The lowest BCUT2D eigenvalue weighted by molar-refractivity contribution is 0.102. The van der Waals surface area contributed by atoms with Crippen LogP contribution in [0.4, 0.5) is 5.69 Å². The Balaban J connectivity index is 2.02. The van der Waals surface area contributed by atoms with Gasteiger partial charge in [0.25, 0.3) is 5.91 Å². The van der Waals surface area contributed by atoms with E-state index in [0.29, 0.717) is 18.1 Å². The van der Waals surface area contributed by atoms with Crippen LogP contribution < -0.4 is 10.1 Å². The van der Waals surface area contributed by atoms with Crippen molar-refractivity contribution >= 4 is 38.9 Å². The zero-order valence-corrected chi connectivity index (χ0v) is 13.8. The van der Waals surface area contributed by atoms with E-state index in [-0.39, 0.29) is 5.91 Å². The largest absolute Gasteiger partial charge is 0.493 e. The molecule has 1 aromatic carbocycles. The molecule has 0 saturated heterocycles. The summed E-state index contributed by atoms with van der Waals surface area (Å²) in [5.41, 5.74) is 1.38. The molecule has 5 heteroatoms. The van der Waals surface area contributed by atoms with E-state index < -0.39 is 0 Å². The number of hydrogen-bond donors (Lipinski definition) is 1. The topological polar surface area (TPSA) is 38.3 Å². The smallest absolute Gasteiger partial charge is 0.256 e. The van der Waals surface area contributed by atoms with Gasteiger partial charge in [0.05, 0.1) is 16.0 Å². The first-order valence-corrected chi connectivity index (χ1v) is 8.00. The maximum Gasteiger partial charge on any atom is 0.256 e. The van der Waals surface area contributed by atoms with Crippen molar-refractivity contribution < 1.29 is 9.53 Å². The van der Waals surface area contributed by atoms with Crippen LogP contribution in [0.25, 0.3) is 0 Å². The summed E-state index contributed by atoms with van der Waals surface area (Å²) < 4.78 is 6.58. The van der Waals surface area contributed by atoms with E-state index in [0.717, 1.165) is 15.2 Å². The van der Waals surface area contributed by atoms with Crippen molar-refractivity contribution in [3.8, 4) is 5.75 Å². The lowest BCUT2D eigenvalue weighted by Crippen LogP contribution is -2.11. The molecule has 0 spiro atoms. The lowest BCUT2D eigenvalue weighted by Gasteiger charge is -2.10. The molecule has 0 aliphatic heterocycles. The quantitative estimate of drug-likeness (QED) is 0.838. The standard InChI is InChI=1S/C15H16BrNO2S/c1-10(2)8-19-13-5-3-4-12(7-13)17-15(18)11-6-14(16)20-9-11/h3-7,9-10H,8H2,1-2H3,(H,17,18). The van der Waals surface area contributed by atoms with Crippen LogP contribution in [0.1, 0.15) is 24.2 Å². The number of carbonyl (C=O) groups is 1. The van der Waals surface area contributed by atoms with Crippen molar-refractivity contribution in [2.24, 2.45) is 5.92 Å². The Bertz CT molecular complexity index is 595. The fourth-order valence-corrected chi connectivity index (χ4v) is 2.70. The molecule has 2 rings (SSSR count). The first-order chi connectivity index (χ1) is 9.54. The van der Waals surface area contributed by atoms with Gasteiger partial charge >= 0.3 is 0 Å². The van der Waals surface area contributed by atoms with Gasteiger partial charge in [-0.3, -0.25) is 4.79 Å². The highest BCUT2D eigenvalue weighted by Gasteiger charge is 2.08. The van der Waals surface area contributed by atoms with Crippen molar-refractivity contribution in [1.82, 2.24) is 0 Å². The lowest BCUT2D eigenvalue weighted by atomic mass is 10.2. The normalized spacial score (nSPS) is 10.6. The summed E-state index contributed by atoms with van der Waals surface area (Å²) in [6.07, 6.45) is 0. The number of amides is 1. The first-order valence-electron chi connectivity index (χ1n) is 6.33. The summed E-state index contributed by atoms with van der Waals surface area (Å²) in [6, 6.07) is 9.25. The number of thiophene rings is 1. The number of hydrogen-bond acceptors (Lipinski definition) is 3. The maximum atomic E-state index is 12.0. The molecule has 1 N–H and O–H groups in total. The Morgan fingerprint density at radius 2 is 2.20 bits per heavy atom. The molecular weight excluding hydrogens is 338 g/mol. The van der Waals surface area contributed by atoms with Crippen LogP contribution in [0.3, 0.4) is 0 Å². The van der Waals surface area contributed by atoms with Crippen LogP contribution in [0.15, 0.2) is 39.5 Å². The summed E-state index contributed by atoms with van der Waals surface area (Å²) >= 11 is 4.84. The van der Waals surface area contributed by atoms with Crippen LogP contribution >= 0.6 is 27.3 Å². The molecule has 1 aromatic heterocycles. The number of carbonyl (C=O) groups excluding carboxylic acids is 1. The van der Waals surface area contributed by atoms with Crippen LogP contribution in [-0.2, 0) is 0 Å². The summed E-state index contributed by atoms with van der Waals surface area (Å²) in [7, 11) is 0. The highest BCUT2D eigenvalue weighted by Crippen LogP contribution is 2.23. The molecule has 0 bridgehead atoms. The molecule has 1 heterocycles. The molecule has 3 nitrogen and oxygen atoms in total. The van der Waals surface area contributed by atoms with Gasteiger partial charge in [-0.15, -0.1) is 11.3 Å². The molecule has 20 heavy (non-hydrogen) atoms. The second-order valence-electron chi connectivity index (χ2n) is 4.83. The van der Waals surface area contributed by atoms with Crippen LogP contribution in [0, 0.1) is 5.92 Å². The molecular formula is C15H16BrNO2S. The van der Waals surface area contributed by atoms with Gasteiger partial charge in [0.15, 0.2) is 0 Å². The van der Waals surface area contributed by atoms with E-state index in [1.54, 1.807) is 6.07 Å². The molecule has 2 aromatic rings. The highest BCUT2D eigenvalue weighted by atomic mass is 79.9. The molecule has 0 aliphatic carbocycles. The van der Waals surface area contributed by atoms with Gasteiger partial charge in [-0.2, -0.15) is 0 Å². The summed E-state index contributed by atoms with van der Waals surface area (Å²) in [5.74, 6) is 1.12. The van der Waals surface area contributed by atoms with Crippen molar-refractivity contribution in [2.75, 3.05) is 11.9 Å². The second-order valence-corrected chi connectivity index (χ2v) is 7.12. The number of halogens is 1. The predicted molar refractivity (Wildman–Crippen MR) is 86.7 cm³/mol. The molecule has 0 aliphatic rings. The van der Waals surface area contributed by atoms with E-state index in [4.69, 9.17) is 4.74 Å². The van der Waals surface area contributed by atoms with E-state index in [2.05, 4.69) is 35.1 Å². The summed E-state index contributed by atoms with van der Waals surface area (Å²) in [5, 5.41) is 4.68. The maximum absolute atomic E-state index is 12.0. The molecule has 0 saturated carbocycles. The Kier molecular flexibility index (Phi) is 5.20. The Labute approximate surface area is 131 Å². The van der Waals surface area contributed by atoms with Gasteiger partial charge in [0, 0.05) is 17.1 Å². The number of ether oxygens (including phenoxy) is 1. The van der Waals surface area contributed by atoms with Gasteiger partial charge < -0.3 is 10.1 Å². The monoisotopic (exact) mass is 353 g/mol. The van der Waals surface area contributed by atoms with Crippen LogP contribution in [0.5, 0.6) is 5.75 Å². The SMILES string of the molecule is CC(C)COc1cccc(NC(=O)c2csc(Br)c2)c1. The van der Waals surface area contributed by atoms with Crippen molar-refractivity contribution in [3.63, 3.8) is 0 Å². The number of nitrogens with one attached hydrogen (secondary N) is 1. The second kappa shape index (κ2) is 6.90. The van der Waals surface area contributed by atoms with Gasteiger partial charge in [-0.25, -0.2) is 0 Å². The summed E-state index contributed by atoms with van der Waals surface area (Å²) in [4.78, 5) is 12.0. The molecule has 0 unspecified atom stereocenters. The fraction of sp³-hybridized carbons (Fsp3) is 0.267. The van der Waals surface area contributed by atoms with E-state index in [1.807, 2.05) is 29.6 Å². The van der Waals surface area contributed by atoms with Crippen LogP contribution in [-0.4, -0.2) is 12.5 Å². The molecule has 1 amide bonds. The van der Waals surface area contributed by atoms with Crippen molar-refractivity contribution in [1.29, 1.82) is 0 Å². The van der Waals surface area contributed by atoms with Crippen molar-refractivity contribution in [3.05, 3.63) is 45.1 Å². The molecule has 106 valence electrons. The number of benzene rings is 1. The molecule has 0 fully saturated rings. The number of anilines is 1. The molecule has 0 atom stereocenters. The minimum Gasteiger partial charge on any atom is -0.493 e. The minimum atomic E-state index is -0.118. The third kappa shape index (κ3) is 4.35. The van der Waals surface area contributed by atoms with E-state index in [1.165, 1.54) is 11.3 Å². The predicted octanol–water partition coefficient (Wildman–Crippen LogP) is 4.80. The Morgan fingerprint density at radius 1 is 1.40 bits per heavy atom. The average molecular weight is 354 g/mol. The molecule has 0 radical (unpaired) electrons. The van der Waals surface area contributed by atoms with Gasteiger partial charge in [-0.1, -0.05) is 19.9 Å². The Hall–Kier alpha value is -1.33. The third-order valence-electron chi connectivity index (χ3n) is 2.50. The van der Waals surface area contributed by atoms with Crippen molar-refractivity contribution in [2.45, 2.75) is 13.8 Å². The van der Waals surface area contributed by atoms with E-state index in [9.17, 15) is 4.79 Å². The zero-order chi connectivity index (χ0) is 14.5. The third-order valence-corrected chi connectivity index (χ3v) is 4.01. The van der Waals surface area contributed by atoms with Crippen LogP contribution in [0.2, 0.25) is 0 Å². The first kappa shape index (κ1) is 15.1. The number of rotatable bonds is 5. The minimum absolute atomic E-state index is 0.118. The summed E-state index contributed by atoms with van der Waals surface area (Å²) in [6.45, 7) is 4.86. The van der Waals surface area contributed by atoms with Gasteiger partial charge in [-0.05, 0) is 40.0 Å². The Morgan fingerprint density at radius 3 is 2.85 bits per heavy atom. The van der Waals surface area contributed by atoms with E-state index >= 15 is 0 Å². The van der Waals surface area contributed by atoms with Gasteiger partial charge in [0.1, 0.15) is 5.75 Å². The fourth-order valence-electron chi connectivity index (χ4n) is 1.56. The zero-order valence-electron chi connectivity index (χ0n) is 11.4. The average Bonchev–Trinajstić information content (AvgIpc) is 2.84.